The predicted octanol–water partition coefficient (Wildman–Crippen LogP) is 1.67. The van der Waals surface area contributed by atoms with E-state index in [2.05, 4.69) is 0 Å². The second-order valence-corrected chi connectivity index (χ2v) is 5.95. The molecule has 18 heavy (non-hydrogen) atoms. The molecule has 0 radical (unpaired) electrons. The zero-order chi connectivity index (χ0) is 13.6. The average Bonchev–Trinajstić information content (AvgIpc) is 2.66. The van der Waals surface area contributed by atoms with Gasteiger partial charge in [-0.1, -0.05) is 0 Å². The summed E-state index contributed by atoms with van der Waals surface area (Å²) in [7, 11) is 0. The number of ketones is 1. The molecular weight excluding hydrogens is 256 g/mol. The largest absolute Gasteiger partial charge is 0.465 e. The number of ether oxygens (including phenoxy) is 1. The number of alkyl halides is 1. The Morgan fingerprint density at radius 1 is 1.44 bits per heavy atom. The van der Waals surface area contributed by atoms with Crippen LogP contribution in [0.2, 0.25) is 0 Å². The molecule has 0 spiro atoms. The van der Waals surface area contributed by atoms with Crippen molar-refractivity contribution in [3.05, 3.63) is 0 Å². The molecule has 0 aliphatic heterocycles. The SMILES string of the molecule is CCOC(=O)[C@@]12CCC[C@]1(O)[C@@H](C(C)=O)[C@H](Cl)C2. The van der Waals surface area contributed by atoms with Crippen LogP contribution >= 0.6 is 11.6 Å². The zero-order valence-corrected chi connectivity index (χ0v) is 11.5. The van der Waals surface area contributed by atoms with Crippen molar-refractivity contribution >= 4 is 23.4 Å². The third-order valence-electron chi connectivity index (χ3n) is 4.51. The highest BCUT2D eigenvalue weighted by Gasteiger charge is 2.70. The van der Waals surface area contributed by atoms with Crippen LogP contribution in [0, 0.1) is 11.3 Å². The van der Waals surface area contributed by atoms with Gasteiger partial charge in [-0.2, -0.15) is 0 Å². The van der Waals surface area contributed by atoms with Crippen LogP contribution in [0.25, 0.3) is 0 Å². The lowest BCUT2D eigenvalue weighted by Gasteiger charge is -2.36. The van der Waals surface area contributed by atoms with E-state index in [9.17, 15) is 14.7 Å². The predicted molar refractivity (Wildman–Crippen MR) is 66.3 cm³/mol. The lowest BCUT2D eigenvalue weighted by molar-refractivity contribution is -0.171. The summed E-state index contributed by atoms with van der Waals surface area (Å²) in [4.78, 5) is 23.9. The van der Waals surface area contributed by atoms with Crippen LogP contribution in [0.3, 0.4) is 0 Å². The minimum atomic E-state index is -1.32. The van der Waals surface area contributed by atoms with E-state index in [-0.39, 0.29) is 12.4 Å². The Balaban J connectivity index is 2.41. The molecule has 0 bridgehead atoms. The molecule has 4 atom stereocenters. The highest BCUT2D eigenvalue weighted by molar-refractivity contribution is 6.23. The van der Waals surface area contributed by atoms with Gasteiger partial charge in [0.05, 0.1) is 23.5 Å². The average molecular weight is 275 g/mol. The van der Waals surface area contributed by atoms with Crippen LogP contribution in [-0.2, 0) is 14.3 Å². The van der Waals surface area contributed by atoms with E-state index >= 15 is 0 Å². The van der Waals surface area contributed by atoms with Gasteiger partial charge in [-0.15, -0.1) is 11.6 Å². The molecule has 0 aromatic rings. The van der Waals surface area contributed by atoms with E-state index in [1.54, 1.807) is 6.92 Å². The Morgan fingerprint density at radius 3 is 2.67 bits per heavy atom. The van der Waals surface area contributed by atoms with E-state index < -0.39 is 28.3 Å². The molecule has 2 saturated carbocycles. The van der Waals surface area contributed by atoms with Crippen molar-refractivity contribution in [1.29, 1.82) is 0 Å². The summed E-state index contributed by atoms with van der Waals surface area (Å²) >= 11 is 6.21. The molecule has 1 N–H and O–H groups in total. The van der Waals surface area contributed by atoms with Gasteiger partial charge < -0.3 is 9.84 Å². The van der Waals surface area contributed by atoms with Gasteiger partial charge in [-0.3, -0.25) is 9.59 Å². The summed E-state index contributed by atoms with van der Waals surface area (Å²) in [5.41, 5.74) is -2.30. The smallest absolute Gasteiger partial charge is 0.315 e. The van der Waals surface area contributed by atoms with Crippen LogP contribution in [0.5, 0.6) is 0 Å². The number of halogens is 1. The summed E-state index contributed by atoms with van der Waals surface area (Å²) in [6, 6.07) is 0. The third-order valence-corrected chi connectivity index (χ3v) is 4.92. The van der Waals surface area contributed by atoms with Gasteiger partial charge in [-0.05, 0) is 39.5 Å². The fourth-order valence-electron chi connectivity index (χ4n) is 3.82. The molecule has 0 unspecified atom stereocenters. The van der Waals surface area contributed by atoms with E-state index in [1.807, 2.05) is 0 Å². The van der Waals surface area contributed by atoms with Crippen molar-refractivity contribution in [3.8, 4) is 0 Å². The highest BCUT2D eigenvalue weighted by atomic mass is 35.5. The summed E-state index contributed by atoms with van der Waals surface area (Å²) in [5.74, 6) is -1.21. The Bertz CT molecular complexity index is 383. The molecule has 2 aliphatic carbocycles. The van der Waals surface area contributed by atoms with Gasteiger partial charge in [0.1, 0.15) is 5.78 Å². The Morgan fingerprint density at radius 2 is 2.11 bits per heavy atom. The van der Waals surface area contributed by atoms with Crippen LogP contribution in [-0.4, -0.2) is 34.4 Å². The first-order valence-corrected chi connectivity index (χ1v) is 6.87. The number of carbonyl (C=O) groups excluding carboxylic acids is 2. The molecule has 0 heterocycles. The Labute approximate surface area is 112 Å². The molecule has 4 nitrogen and oxygen atoms in total. The lowest BCUT2D eigenvalue weighted by Crippen LogP contribution is -2.51. The monoisotopic (exact) mass is 274 g/mol. The summed E-state index contributed by atoms with van der Waals surface area (Å²) in [6.45, 7) is 3.43. The first kappa shape index (κ1) is 13.8. The molecule has 0 aromatic heterocycles. The van der Waals surface area contributed by atoms with Crippen LogP contribution in [0.4, 0.5) is 0 Å². The first-order chi connectivity index (χ1) is 8.39. The summed E-state index contributed by atoms with van der Waals surface area (Å²) in [6.07, 6.45) is 2.05. The number of esters is 1. The second-order valence-electron chi connectivity index (χ2n) is 5.39. The number of fused-ring (bicyclic) bond motifs is 1. The zero-order valence-electron chi connectivity index (χ0n) is 10.7. The van der Waals surface area contributed by atoms with Gasteiger partial charge in [-0.25, -0.2) is 0 Å². The molecule has 0 amide bonds. The Kier molecular flexibility index (Phi) is 3.45. The van der Waals surface area contributed by atoms with Crippen molar-refractivity contribution < 1.29 is 19.4 Å². The van der Waals surface area contributed by atoms with E-state index in [1.165, 1.54) is 6.92 Å². The fraction of sp³-hybridized carbons (Fsp3) is 0.846. The minimum Gasteiger partial charge on any atom is -0.465 e. The number of aliphatic hydroxyl groups is 1. The number of carbonyl (C=O) groups is 2. The fourth-order valence-corrected chi connectivity index (χ4v) is 4.47. The van der Waals surface area contributed by atoms with Gasteiger partial charge in [0.25, 0.3) is 0 Å². The van der Waals surface area contributed by atoms with Gasteiger partial charge in [0.15, 0.2) is 0 Å². The Hall–Kier alpha value is -0.610. The van der Waals surface area contributed by atoms with Gasteiger partial charge in [0.2, 0.25) is 0 Å². The topological polar surface area (TPSA) is 63.6 Å². The first-order valence-electron chi connectivity index (χ1n) is 6.43. The molecule has 2 fully saturated rings. The normalized spacial score (nSPS) is 42.7. The molecule has 2 aliphatic rings. The van der Waals surface area contributed by atoms with E-state index in [0.717, 1.165) is 6.42 Å². The molecule has 5 heteroatoms. The van der Waals surface area contributed by atoms with Crippen molar-refractivity contribution in [2.45, 2.75) is 50.5 Å². The minimum absolute atomic E-state index is 0.148. The van der Waals surface area contributed by atoms with E-state index in [4.69, 9.17) is 16.3 Å². The molecule has 102 valence electrons. The van der Waals surface area contributed by atoms with Crippen LogP contribution < -0.4 is 0 Å². The standard InChI is InChI=1S/C13H19ClO4/c1-3-18-11(16)12-5-4-6-13(12,17)10(8(2)15)9(14)7-12/h9-10,17H,3-7H2,1-2H3/t9-,10+,12+,13+/m1/s1. The highest BCUT2D eigenvalue weighted by Crippen LogP contribution is 2.61. The van der Waals surface area contributed by atoms with Crippen molar-refractivity contribution in [3.63, 3.8) is 0 Å². The van der Waals surface area contributed by atoms with Crippen molar-refractivity contribution in [2.24, 2.45) is 11.3 Å². The van der Waals surface area contributed by atoms with Crippen molar-refractivity contribution in [2.75, 3.05) is 6.61 Å². The second kappa shape index (κ2) is 4.49. The molecule has 2 rings (SSSR count). The number of rotatable bonds is 3. The summed E-state index contributed by atoms with van der Waals surface area (Å²) in [5, 5.41) is 10.4. The maximum Gasteiger partial charge on any atom is 0.315 e. The molecule has 0 aromatic carbocycles. The van der Waals surface area contributed by atoms with Crippen LogP contribution in [0.1, 0.15) is 39.5 Å². The quantitative estimate of drug-likeness (QED) is 0.628. The number of Topliss-reactive ketones (excluding diaryl/α,β-unsaturated/α-hetero) is 1. The van der Waals surface area contributed by atoms with Crippen molar-refractivity contribution in [1.82, 2.24) is 0 Å². The third kappa shape index (κ3) is 1.62. The maximum atomic E-state index is 12.2. The summed E-state index contributed by atoms with van der Waals surface area (Å²) < 4.78 is 5.10. The van der Waals surface area contributed by atoms with Gasteiger partial charge >= 0.3 is 5.97 Å². The number of hydrogen-bond acceptors (Lipinski definition) is 4. The van der Waals surface area contributed by atoms with Crippen LogP contribution in [0.15, 0.2) is 0 Å². The van der Waals surface area contributed by atoms with Gasteiger partial charge in [0, 0.05) is 5.38 Å². The lowest BCUT2D eigenvalue weighted by atomic mass is 9.73. The van der Waals surface area contributed by atoms with E-state index in [0.29, 0.717) is 19.3 Å². The molecular formula is C13H19ClO4. The molecule has 0 saturated heterocycles. The number of hydrogen-bond donors (Lipinski definition) is 1. The maximum absolute atomic E-state index is 12.2.